The first-order valence-electron chi connectivity index (χ1n) is 5.71. The van der Waals surface area contributed by atoms with Crippen LogP contribution in [0.5, 0.6) is 0 Å². The molecule has 0 bridgehead atoms. The molecule has 94 valence electrons. The molecule has 0 saturated heterocycles. The molecule has 0 fully saturated rings. The van der Waals surface area contributed by atoms with Gasteiger partial charge in [-0.2, -0.15) is 0 Å². The van der Waals surface area contributed by atoms with Crippen molar-refractivity contribution in [3.05, 3.63) is 35.4 Å². The van der Waals surface area contributed by atoms with Gasteiger partial charge in [-0.05, 0) is 54.8 Å². The normalized spacial score (nSPS) is 10.6. The molecule has 2 rings (SSSR count). The van der Waals surface area contributed by atoms with Gasteiger partial charge in [0, 0.05) is 28.3 Å². The van der Waals surface area contributed by atoms with Crippen LogP contribution in [0.2, 0.25) is 0 Å². The Morgan fingerprint density at radius 3 is 1.56 bits per heavy atom. The van der Waals surface area contributed by atoms with Crippen molar-refractivity contribution in [1.29, 1.82) is 0 Å². The Bertz CT molecular complexity index is 571. The second-order valence-electron chi connectivity index (χ2n) is 4.60. The molecule has 0 unspecified atom stereocenters. The van der Waals surface area contributed by atoms with E-state index in [4.69, 9.17) is 22.9 Å². The Kier molecular flexibility index (Phi) is 2.79. The van der Waals surface area contributed by atoms with Gasteiger partial charge in [0.15, 0.2) is 0 Å². The number of anilines is 4. The minimum atomic E-state index is 0.634. The molecule has 0 aliphatic heterocycles. The van der Waals surface area contributed by atoms with Gasteiger partial charge in [0.05, 0.1) is 0 Å². The summed E-state index contributed by atoms with van der Waals surface area (Å²) in [6, 6.07) is 7.47. The van der Waals surface area contributed by atoms with Crippen molar-refractivity contribution in [3.63, 3.8) is 0 Å². The third kappa shape index (κ3) is 1.93. The van der Waals surface area contributed by atoms with Crippen LogP contribution in [0, 0.1) is 13.8 Å². The zero-order valence-electron chi connectivity index (χ0n) is 10.6. The Balaban J connectivity index is 2.70. The minimum absolute atomic E-state index is 0.634. The lowest BCUT2D eigenvalue weighted by Crippen LogP contribution is -2.01. The van der Waals surface area contributed by atoms with E-state index >= 15 is 0 Å². The molecule has 0 aromatic heterocycles. The highest BCUT2D eigenvalue weighted by molar-refractivity contribution is 5.90. The summed E-state index contributed by atoms with van der Waals surface area (Å²) in [7, 11) is 0. The molecule has 0 aliphatic rings. The quantitative estimate of drug-likeness (QED) is 0.576. The molecule has 2 aromatic rings. The summed E-state index contributed by atoms with van der Waals surface area (Å²) in [5.74, 6) is 0. The average Bonchev–Trinajstić information content (AvgIpc) is 2.24. The molecule has 0 spiro atoms. The maximum Gasteiger partial charge on any atom is 0.0417 e. The number of hydrogen-bond donors (Lipinski definition) is 4. The molecular weight excluding hydrogens is 224 g/mol. The molecule has 8 N–H and O–H groups in total. The Morgan fingerprint density at radius 1 is 0.667 bits per heavy atom. The second-order valence-corrected chi connectivity index (χ2v) is 4.60. The van der Waals surface area contributed by atoms with Crippen LogP contribution >= 0.6 is 0 Å². The monoisotopic (exact) mass is 242 g/mol. The standard InChI is InChI=1S/C14H18N4/c1-7-3-12(17)14(13(18)4-7)9-5-10(15)8(2)11(16)6-9/h3-6H,15-18H2,1-2H3. The molecule has 0 aliphatic carbocycles. The Labute approximate surface area is 107 Å². The van der Waals surface area contributed by atoms with Gasteiger partial charge in [-0.1, -0.05) is 0 Å². The summed E-state index contributed by atoms with van der Waals surface area (Å²) in [4.78, 5) is 0. The molecule has 0 amide bonds. The van der Waals surface area contributed by atoms with Gasteiger partial charge in [0.1, 0.15) is 0 Å². The topological polar surface area (TPSA) is 104 Å². The van der Waals surface area contributed by atoms with E-state index in [9.17, 15) is 0 Å². The van der Waals surface area contributed by atoms with E-state index in [1.807, 2.05) is 38.1 Å². The molecule has 2 aromatic carbocycles. The van der Waals surface area contributed by atoms with Crippen LogP contribution in [0.4, 0.5) is 22.7 Å². The molecule has 0 atom stereocenters. The maximum absolute atomic E-state index is 6.03. The van der Waals surface area contributed by atoms with E-state index in [0.29, 0.717) is 22.7 Å². The number of aryl methyl sites for hydroxylation is 1. The van der Waals surface area contributed by atoms with Gasteiger partial charge >= 0.3 is 0 Å². The molecule has 4 heteroatoms. The Hall–Kier alpha value is -2.36. The number of benzene rings is 2. The van der Waals surface area contributed by atoms with Gasteiger partial charge in [-0.25, -0.2) is 0 Å². The van der Waals surface area contributed by atoms with Crippen LogP contribution in [0.15, 0.2) is 24.3 Å². The molecule has 18 heavy (non-hydrogen) atoms. The lowest BCUT2D eigenvalue weighted by Gasteiger charge is -2.14. The SMILES string of the molecule is Cc1cc(N)c(-c2cc(N)c(C)c(N)c2)c(N)c1. The predicted octanol–water partition coefficient (Wildman–Crippen LogP) is 2.30. The van der Waals surface area contributed by atoms with Crippen LogP contribution in [0.3, 0.4) is 0 Å². The highest BCUT2D eigenvalue weighted by atomic mass is 14.6. The molecule has 0 radical (unpaired) electrons. The lowest BCUT2D eigenvalue weighted by atomic mass is 9.97. The van der Waals surface area contributed by atoms with Crippen molar-refractivity contribution >= 4 is 22.7 Å². The third-order valence-electron chi connectivity index (χ3n) is 3.12. The summed E-state index contributed by atoms with van der Waals surface area (Å²) < 4.78 is 0. The number of hydrogen-bond acceptors (Lipinski definition) is 4. The van der Waals surface area contributed by atoms with Crippen LogP contribution in [0.1, 0.15) is 11.1 Å². The van der Waals surface area contributed by atoms with Crippen LogP contribution in [-0.2, 0) is 0 Å². The van der Waals surface area contributed by atoms with E-state index in [0.717, 1.165) is 22.3 Å². The van der Waals surface area contributed by atoms with Crippen LogP contribution in [0.25, 0.3) is 11.1 Å². The van der Waals surface area contributed by atoms with Gasteiger partial charge in [-0.15, -0.1) is 0 Å². The second kappa shape index (κ2) is 4.14. The van der Waals surface area contributed by atoms with E-state index in [-0.39, 0.29) is 0 Å². The number of nitrogen functional groups attached to an aromatic ring is 4. The zero-order valence-corrected chi connectivity index (χ0v) is 10.6. The van der Waals surface area contributed by atoms with Crippen molar-refractivity contribution < 1.29 is 0 Å². The summed E-state index contributed by atoms with van der Waals surface area (Å²) in [6.45, 7) is 3.84. The predicted molar refractivity (Wildman–Crippen MR) is 79.0 cm³/mol. The van der Waals surface area contributed by atoms with Crippen molar-refractivity contribution in [2.24, 2.45) is 0 Å². The molecule has 4 nitrogen and oxygen atoms in total. The summed E-state index contributed by atoms with van der Waals surface area (Å²) >= 11 is 0. The third-order valence-corrected chi connectivity index (χ3v) is 3.12. The van der Waals surface area contributed by atoms with Crippen molar-refractivity contribution in [2.75, 3.05) is 22.9 Å². The smallest absolute Gasteiger partial charge is 0.0417 e. The molecule has 0 heterocycles. The van der Waals surface area contributed by atoms with E-state index in [1.54, 1.807) is 0 Å². The van der Waals surface area contributed by atoms with Gasteiger partial charge in [0.2, 0.25) is 0 Å². The van der Waals surface area contributed by atoms with E-state index in [1.165, 1.54) is 0 Å². The first-order chi connectivity index (χ1) is 8.40. The van der Waals surface area contributed by atoms with E-state index in [2.05, 4.69) is 0 Å². The zero-order chi connectivity index (χ0) is 13.4. The maximum atomic E-state index is 6.03. The van der Waals surface area contributed by atoms with Crippen molar-refractivity contribution in [2.45, 2.75) is 13.8 Å². The van der Waals surface area contributed by atoms with Gasteiger partial charge in [0.25, 0.3) is 0 Å². The minimum Gasteiger partial charge on any atom is -0.398 e. The van der Waals surface area contributed by atoms with Crippen LogP contribution < -0.4 is 22.9 Å². The van der Waals surface area contributed by atoms with Crippen molar-refractivity contribution in [3.8, 4) is 11.1 Å². The van der Waals surface area contributed by atoms with Gasteiger partial charge < -0.3 is 22.9 Å². The average molecular weight is 242 g/mol. The molecule has 0 saturated carbocycles. The Morgan fingerprint density at radius 2 is 1.11 bits per heavy atom. The summed E-state index contributed by atoms with van der Waals surface area (Å²) in [5.41, 5.74) is 30.0. The highest BCUT2D eigenvalue weighted by Gasteiger charge is 2.11. The lowest BCUT2D eigenvalue weighted by molar-refractivity contribution is 1.45. The summed E-state index contributed by atoms with van der Waals surface area (Å²) in [5, 5.41) is 0. The molecular formula is C14H18N4. The fourth-order valence-electron chi connectivity index (χ4n) is 2.08. The number of rotatable bonds is 1. The van der Waals surface area contributed by atoms with Crippen molar-refractivity contribution in [1.82, 2.24) is 0 Å². The van der Waals surface area contributed by atoms with Gasteiger partial charge in [-0.3, -0.25) is 0 Å². The first-order valence-corrected chi connectivity index (χ1v) is 5.71. The number of nitrogens with two attached hydrogens (primary N) is 4. The van der Waals surface area contributed by atoms with E-state index < -0.39 is 0 Å². The fraction of sp³-hybridized carbons (Fsp3) is 0.143. The van der Waals surface area contributed by atoms with Crippen LogP contribution in [-0.4, -0.2) is 0 Å². The first kappa shape index (κ1) is 12.1. The fourth-order valence-corrected chi connectivity index (χ4v) is 2.08. The largest absolute Gasteiger partial charge is 0.398 e. The summed E-state index contributed by atoms with van der Waals surface area (Å²) in [6.07, 6.45) is 0. The highest BCUT2D eigenvalue weighted by Crippen LogP contribution is 2.36.